The zero-order chi connectivity index (χ0) is 20.3. The van der Waals surface area contributed by atoms with Crippen molar-refractivity contribution in [3.63, 3.8) is 0 Å². The highest BCUT2D eigenvalue weighted by atomic mass is 15.2. The molecule has 0 aliphatic heterocycles. The van der Waals surface area contributed by atoms with Gasteiger partial charge >= 0.3 is 0 Å². The van der Waals surface area contributed by atoms with Gasteiger partial charge in [0, 0.05) is 5.92 Å². The van der Waals surface area contributed by atoms with E-state index in [0.717, 1.165) is 30.0 Å². The van der Waals surface area contributed by atoms with Crippen LogP contribution in [0, 0.1) is 11.8 Å². The Balaban J connectivity index is 1.66. The second-order valence-corrected chi connectivity index (χ2v) is 8.33. The van der Waals surface area contributed by atoms with Crippen LogP contribution in [-0.4, -0.2) is 11.9 Å². The topological polar surface area (TPSA) is 24.7 Å². The third-order valence-electron chi connectivity index (χ3n) is 5.95. The molecule has 0 amide bonds. The standard InChI is InChI=1S/C27H34N2/c1-3-4-5-7-10-23-15-17-24(18-16-23)21-28-29-27(25-11-8-6-9-12-25)26-19-13-22(2)14-20-26/h3,6,8-9,11-12,15-18,21-22,26H,1,4-5,7,10,13-14,19-20H2,2H3. The molecule has 152 valence electrons. The van der Waals surface area contributed by atoms with E-state index in [1.807, 2.05) is 12.3 Å². The largest absolute Gasteiger partial charge is 0.158 e. The highest BCUT2D eigenvalue weighted by molar-refractivity contribution is 6.02. The number of hydrogen-bond donors (Lipinski definition) is 0. The summed E-state index contributed by atoms with van der Waals surface area (Å²) in [6, 6.07) is 19.3. The SMILES string of the molecule is C=CCCCCc1ccc(C=NN=C(c2ccccc2)C2CCC(C)CC2)cc1. The number of hydrogen-bond acceptors (Lipinski definition) is 2. The van der Waals surface area contributed by atoms with Crippen LogP contribution in [0.2, 0.25) is 0 Å². The predicted molar refractivity (Wildman–Crippen MR) is 126 cm³/mol. The third-order valence-corrected chi connectivity index (χ3v) is 5.95. The van der Waals surface area contributed by atoms with Gasteiger partial charge in [-0.05, 0) is 61.1 Å². The molecule has 2 heteroatoms. The first-order valence-electron chi connectivity index (χ1n) is 11.1. The summed E-state index contributed by atoms with van der Waals surface area (Å²) in [5.41, 5.74) is 4.84. The Labute approximate surface area is 176 Å². The first kappa shape index (κ1) is 21.2. The van der Waals surface area contributed by atoms with Crippen LogP contribution in [0.3, 0.4) is 0 Å². The Bertz CT molecular complexity index is 794. The lowest BCUT2D eigenvalue weighted by molar-refractivity contribution is 0.344. The van der Waals surface area contributed by atoms with Gasteiger partial charge in [-0.25, -0.2) is 0 Å². The van der Waals surface area contributed by atoms with Gasteiger partial charge in [0.25, 0.3) is 0 Å². The number of nitrogens with zero attached hydrogens (tertiary/aromatic N) is 2. The van der Waals surface area contributed by atoms with Crippen molar-refractivity contribution in [3.8, 4) is 0 Å². The van der Waals surface area contributed by atoms with Crippen molar-refractivity contribution in [2.75, 3.05) is 0 Å². The second-order valence-electron chi connectivity index (χ2n) is 8.33. The molecular formula is C27H34N2. The van der Waals surface area contributed by atoms with Crippen LogP contribution in [0.5, 0.6) is 0 Å². The van der Waals surface area contributed by atoms with Crippen molar-refractivity contribution in [2.24, 2.45) is 22.0 Å². The lowest BCUT2D eigenvalue weighted by Crippen LogP contribution is -2.21. The Morgan fingerprint density at radius 2 is 1.69 bits per heavy atom. The first-order valence-corrected chi connectivity index (χ1v) is 11.1. The van der Waals surface area contributed by atoms with Crippen LogP contribution >= 0.6 is 0 Å². The van der Waals surface area contributed by atoms with Crippen LogP contribution in [0.1, 0.15) is 68.6 Å². The summed E-state index contributed by atoms with van der Waals surface area (Å²) in [4.78, 5) is 0. The van der Waals surface area contributed by atoms with Crippen LogP contribution in [0.25, 0.3) is 0 Å². The van der Waals surface area contributed by atoms with Gasteiger partial charge in [0.05, 0.1) is 11.9 Å². The molecule has 2 nitrogen and oxygen atoms in total. The molecule has 2 aromatic rings. The van der Waals surface area contributed by atoms with Crippen molar-refractivity contribution >= 4 is 11.9 Å². The molecule has 0 N–H and O–H groups in total. The highest BCUT2D eigenvalue weighted by Crippen LogP contribution is 2.31. The Kier molecular flexibility index (Phi) is 8.42. The van der Waals surface area contributed by atoms with Gasteiger partial charge in [0.2, 0.25) is 0 Å². The van der Waals surface area contributed by atoms with E-state index in [4.69, 9.17) is 5.10 Å². The van der Waals surface area contributed by atoms with Gasteiger partial charge in [0.15, 0.2) is 0 Å². The van der Waals surface area contributed by atoms with E-state index in [1.54, 1.807) is 0 Å². The molecule has 2 aromatic carbocycles. The van der Waals surface area contributed by atoms with E-state index in [-0.39, 0.29) is 0 Å². The summed E-state index contributed by atoms with van der Waals surface area (Å²) in [5, 5.41) is 9.19. The predicted octanol–water partition coefficient (Wildman–Crippen LogP) is 7.23. The van der Waals surface area contributed by atoms with E-state index in [0.29, 0.717) is 5.92 Å². The maximum absolute atomic E-state index is 4.71. The number of unbranched alkanes of at least 4 members (excludes halogenated alkanes) is 2. The minimum absolute atomic E-state index is 0.517. The van der Waals surface area contributed by atoms with Crippen molar-refractivity contribution in [3.05, 3.63) is 83.9 Å². The van der Waals surface area contributed by atoms with E-state index < -0.39 is 0 Å². The van der Waals surface area contributed by atoms with E-state index in [9.17, 15) is 0 Å². The van der Waals surface area contributed by atoms with Gasteiger partial charge in [0.1, 0.15) is 0 Å². The molecule has 1 fully saturated rings. The van der Waals surface area contributed by atoms with Gasteiger partial charge in [-0.3, -0.25) is 0 Å². The highest BCUT2D eigenvalue weighted by Gasteiger charge is 2.23. The van der Waals surface area contributed by atoms with Crippen molar-refractivity contribution < 1.29 is 0 Å². The molecule has 0 unspecified atom stereocenters. The molecule has 0 atom stereocenters. The smallest absolute Gasteiger partial charge is 0.0733 e. The first-order chi connectivity index (χ1) is 14.3. The fourth-order valence-electron chi connectivity index (χ4n) is 4.06. The van der Waals surface area contributed by atoms with Crippen LogP contribution in [0.15, 0.2) is 77.5 Å². The molecule has 0 radical (unpaired) electrons. The monoisotopic (exact) mass is 386 g/mol. The third kappa shape index (κ3) is 6.81. The van der Waals surface area contributed by atoms with E-state index >= 15 is 0 Å². The lowest BCUT2D eigenvalue weighted by atomic mass is 9.79. The molecule has 29 heavy (non-hydrogen) atoms. The summed E-state index contributed by atoms with van der Waals surface area (Å²) in [7, 11) is 0. The Morgan fingerprint density at radius 1 is 0.966 bits per heavy atom. The zero-order valence-electron chi connectivity index (χ0n) is 17.8. The van der Waals surface area contributed by atoms with Gasteiger partial charge in [-0.15, -0.1) is 6.58 Å². The average molecular weight is 387 g/mol. The van der Waals surface area contributed by atoms with Crippen LogP contribution < -0.4 is 0 Å². The van der Waals surface area contributed by atoms with Crippen LogP contribution in [0.4, 0.5) is 0 Å². The van der Waals surface area contributed by atoms with Gasteiger partial charge < -0.3 is 0 Å². The van der Waals surface area contributed by atoms with Gasteiger partial charge in [-0.2, -0.15) is 10.2 Å². The van der Waals surface area contributed by atoms with Crippen LogP contribution in [-0.2, 0) is 6.42 Å². The number of aryl methyl sites for hydroxylation is 1. The van der Waals surface area contributed by atoms with Crippen molar-refractivity contribution in [2.45, 2.75) is 58.3 Å². The molecule has 0 aromatic heterocycles. The maximum atomic E-state index is 4.71. The molecule has 0 saturated heterocycles. The molecule has 0 spiro atoms. The number of rotatable bonds is 9. The van der Waals surface area contributed by atoms with Crippen molar-refractivity contribution in [1.29, 1.82) is 0 Å². The minimum atomic E-state index is 0.517. The summed E-state index contributed by atoms with van der Waals surface area (Å²) < 4.78 is 0. The second kappa shape index (κ2) is 11.5. The van der Waals surface area contributed by atoms with E-state index in [1.165, 1.54) is 49.7 Å². The summed E-state index contributed by atoms with van der Waals surface area (Å²) in [6.45, 7) is 6.14. The maximum Gasteiger partial charge on any atom is 0.0733 e. The average Bonchev–Trinajstić information content (AvgIpc) is 2.77. The van der Waals surface area contributed by atoms with E-state index in [2.05, 4.69) is 73.2 Å². The summed E-state index contributed by atoms with van der Waals surface area (Å²) in [5.74, 6) is 1.35. The normalized spacial score (nSPS) is 20.1. The Hall–Kier alpha value is -2.48. The summed E-state index contributed by atoms with van der Waals surface area (Å²) >= 11 is 0. The molecule has 1 saturated carbocycles. The molecule has 0 heterocycles. The molecular weight excluding hydrogens is 352 g/mol. The van der Waals surface area contributed by atoms with Crippen molar-refractivity contribution in [1.82, 2.24) is 0 Å². The quantitative estimate of drug-likeness (QED) is 0.188. The zero-order valence-corrected chi connectivity index (χ0v) is 17.8. The minimum Gasteiger partial charge on any atom is -0.158 e. The fraction of sp³-hybridized carbons (Fsp3) is 0.407. The molecule has 1 aliphatic carbocycles. The lowest BCUT2D eigenvalue weighted by Gasteiger charge is -2.27. The molecule has 1 aliphatic rings. The molecule has 3 rings (SSSR count). The Morgan fingerprint density at radius 3 is 2.38 bits per heavy atom. The fourth-order valence-corrected chi connectivity index (χ4v) is 4.06. The number of allylic oxidation sites excluding steroid dienone is 1. The van der Waals surface area contributed by atoms with Gasteiger partial charge in [-0.1, -0.05) is 80.4 Å². The molecule has 0 bridgehead atoms. The number of benzene rings is 2. The summed E-state index contributed by atoms with van der Waals surface area (Å²) in [6.07, 6.45) is 13.5.